The van der Waals surface area contributed by atoms with E-state index in [-0.39, 0.29) is 23.5 Å². The van der Waals surface area contributed by atoms with Crippen LogP contribution in [0.5, 0.6) is 0 Å². The van der Waals surface area contributed by atoms with Gasteiger partial charge in [0.2, 0.25) is 0 Å². The van der Waals surface area contributed by atoms with E-state index in [0.717, 1.165) is 19.9 Å². The standard InChI is InChI=1S/C13H7Br2N5O5/c14-10-4-12-13(5-11(10)15)18(17-16-12)25-6-7-1-8(19(21)22)3-9(2-7)20(23)24/h1-5H,6H2. The van der Waals surface area contributed by atoms with Crippen molar-refractivity contribution in [3.8, 4) is 0 Å². The molecule has 3 rings (SSSR count). The summed E-state index contributed by atoms with van der Waals surface area (Å²) in [6.45, 7) is -0.158. The number of aromatic nitrogens is 3. The first-order valence-electron chi connectivity index (χ1n) is 6.61. The first-order valence-corrected chi connectivity index (χ1v) is 8.20. The van der Waals surface area contributed by atoms with Gasteiger partial charge in [0, 0.05) is 26.6 Å². The summed E-state index contributed by atoms with van der Waals surface area (Å²) in [4.78, 5) is 27.0. The average Bonchev–Trinajstić information content (AvgIpc) is 2.95. The summed E-state index contributed by atoms with van der Waals surface area (Å²) in [5.74, 6) is 0. The van der Waals surface area contributed by atoms with E-state index in [1.54, 1.807) is 12.1 Å². The van der Waals surface area contributed by atoms with Crippen LogP contribution in [-0.2, 0) is 6.61 Å². The van der Waals surface area contributed by atoms with Crippen LogP contribution in [-0.4, -0.2) is 25.0 Å². The van der Waals surface area contributed by atoms with Crippen LogP contribution in [0.2, 0.25) is 0 Å². The van der Waals surface area contributed by atoms with Crippen LogP contribution in [0.4, 0.5) is 11.4 Å². The molecule has 0 fully saturated rings. The Bertz CT molecular complexity index is 974. The van der Waals surface area contributed by atoms with Crippen molar-refractivity contribution in [3.63, 3.8) is 0 Å². The number of fused-ring (bicyclic) bond motifs is 1. The maximum Gasteiger partial charge on any atom is 0.276 e. The second-order valence-corrected chi connectivity index (χ2v) is 6.57. The van der Waals surface area contributed by atoms with Crippen molar-refractivity contribution < 1.29 is 14.7 Å². The maximum atomic E-state index is 10.9. The summed E-state index contributed by atoms with van der Waals surface area (Å²) < 4.78 is 1.56. The lowest BCUT2D eigenvalue weighted by Crippen LogP contribution is -2.13. The molecule has 1 heterocycles. The van der Waals surface area contributed by atoms with Crippen molar-refractivity contribution >= 4 is 54.3 Å². The topological polar surface area (TPSA) is 126 Å². The second kappa shape index (κ2) is 6.72. The number of hydrogen-bond acceptors (Lipinski definition) is 7. The minimum absolute atomic E-state index is 0.158. The number of halogens is 2. The molecule has 0 bridgehead atoms. The second-order valence-electron chi connectivity index (χ2n) is 4.86. The third kappa shape index (κ3) is 3.58. The Kier molecular flexibility index (Phi) is 4.63. The molecule has 3 aromatic rings. The number of nitro groups is 2. The molecule has 1 aromatic heterocycles. The zero-order chi connectivity index (χ0) is 18.1. The van der Waals surface area contributed by atoms with Crippen LogP contribution in [0.3, 0.4) is 0 Å². The number of nitrogens with zero attached hydrogens (tertiary/aromatic N) is 5. The molecule has 0 unspecified atom stereocenters. The number of benzene rings is 2. The molecule has 0 radical (unpaired) electrons. The fraction of sp³-hybridized carbons (Fsp3) is 0.0769. The largest absolute Gasteiger partial charge is 0.390 e. The third-order valence-corrected chi connectivity index (χ3v) is 5.04. The average molecular weight is 473 g/mol. The zero-order valence-electron chi connectivity index (χ0n) is 12.1. The van der Waals surface area contributed by atoms with E-state index in [9.17, 15) is 20.2 Å². The molecule has 0 aliphatic carbocycles. The Morgan fingerprint density at radius 2 is 1.60 bits per heavy atom. The van der Waals surface area contributed by atoms with Crippen molar-refractivity contribution in [3.05, 3.63) is 65.1 Å². The molecular weight excluding hydrogens is 466 g/mol. The molecule has 2 aromatic carbocycles. The third-order valence-electron chi connectivity index (χ3n) is 3.19. The van der Waals surface area contributed by atoms with Gasteiger partial charge in [0.25, 0.3) is 11.4 Å². The van der Waals surface area contributed by atoms with Crippen molar-refractivity contribution in [2.45, 2.75) is 6.61 Å². The van der Waals surface area contributed by atoms with Crippen molar-refractivity contribution in [1.29, 1.82) is 0 Å². The van der Waals surface area contributed by atoms with Gasteiger partial charge in [0.05, 0.1) is 15.9 Å². The molecule has 0 amide bonds. The summed E-state index contributed by atoms with van der Waals surface area (Å²) in [5, 5.41) is 29.6. The van der Waals surface area contributed by atoms with Crippen LogP contribution in [0.25, 0.3) is 11.0 Å². The lowest BCUT2D eigenvalue weighted by atomic mass is 10.2. The Balaban J connectivity index is 1.90. The van der Waals surface area contributed by atoms with Crippen molar-refractivity contribution in [2.75, 3.05) is 0 Å². The fourth-order valence-electron chi connectivity index (χ4n) is 2.08. The molecule has 0 saturated carbocycles. The molecule has 25 heavy (non-hydrogen) atoms. The highest BCUT2D eigenvalue weighted by atomic mass is 79.9. The first kappa shape index (κ1) is 17.2. The molecule has 12 heteroatoms. The minimum Gasteiger partial charge on any atom is -0.390 e. The predicted octanol–water partition coefficient (Wildman–Crippen LogP) is 3.40. The van der Waals surface area contributed by atoms with Gasteiger partial charge in [-0.15, -0.1) is 5.10 Å². The SMILES string of the molecule is O=[N+]([O-])c1cc(COn2nnc3cc(Br)c(Br)cc32)cc([N+](=O)[O-])c1. The number of nitro benzene ring substituents is 2. The van der Waals surface area contributed by atoms with Crippen LogP contribution in [0.15, 0.2) is 39.3 Å². The van der Waals surface area contributed by atoms with Gasteiger partial charge < -0.3 is 4.84 Å². The van der Waals surface area contributed by atoms with Crippen LogP contribution in [0, 0.1) is 20.2 Å². The smallest absolute Gasteiger partial charge is 0.276 e. The highest BCUT2D eigenvalue weighted by Crippen LogP contribution is 2.27. The van der Waals surface area contributed by atoms with Gasteiger partial charge >= 0.3 is 0 Å². The highest BCUT2D eigenvalue weighted by Gasteiger charge is 2.17. The van der Waals surface area contributed by atoms with Gasteiger partial charge in [-0.2, -0.15) is 0 Å². The Hall–Kier alpha value is -2.60. The van der Waals surface area contributed by atoms with E-state index in [2.05, 4.69) is 42.2 Å². The van der Waals surface area contributed by atoms with E-state index in [4.69, 9.17) is 4.84 Å². The summed E-state index contributed by atoms with van der Waals surface area (Å²) in [6.07, 6.45) is 0. The molecular formula is C13H7Br2N5O5. The van der Waals surface area contributed by atoms with Crippen LogP contribution < -0.4 is 4.84 Å². The number of hydrogen-bond donors (Lipinski definition) is 0. The molecule has 128 valence electrons. The monoisotopic (exact) mass is 471 g/mol. The molecule has 0 saturated heterocycles. The lowest BCUT2D eigenvalue weighted by molar-refractivity contribution is -0.394. The normalized spacial score (nSPS) is 10.8. The molecule has 0 aliphatic rings. The molecule has 0 atom stereocenters. The van der Waals surface area contributed by atoms with E-state index in [0.29, 0.717) is 11.0 Å². The van der Waals surface area contributed by atoms with Gasteiger partial charge in [0.1, 0.15) is 17.6 Å². The van der Waals surface area contributed by atoms with Crippen molar-refractivity contribution in [1.82, 2.24) is 15.2 Å². The lowest BCUT2D eigenvalue weighted by Gasteiger charge is -2.06. The first-order chi connectivity index (χ1) is 11.8. The quantitative estimate of drug-likeness (QED) is 0.411. The number of non-ortho nitro benzene ring substituents is 2. The summed E-state index contributed by atoms with van der Waals surface area (Å²) in [6, 6.07) is 6.78. The zero-order valence-corrected chi connectivity index (χ0v) is 15.3. The van der Waals surface area contributed by atoms with Gasteiger partial charge in [-0.1, -0.05) is 4.85 Å². The Morgan fingerprint density at radius 3 is 2.20 bits per heavy atom. The number of rotatable bonds is 5. The van der Waals surface area contributed by atoms with Gasteiger partial charge in [0.15, 0.2) is 0 Å². The highest BCUT2D eigenvalue weighted by molar-refractivity contribution is 9.13. The Labute approximate surface area is 155 Å². The predicted molar refractivity (Wildman–Crippen MR) is 93.0 cm³/mol. The van der Waals surface area contributed by atoms with Gasteiger partial charge in [-0.25, -0.2) is 0 Å². The van der Waals surface area contributed by atoms with Crippen LogP contribution in [0.1, 0.15) is 5.56 Å². The van der Waals surface area contributed by atoms with Crippen LogP contribution >= 0.6 is 31.9 Å². The molecule has 10 nitrogen and oxygen atoms in total. The maximum absolute atomic E-state index is 10.9. The van der Waals surface area contributed by atoms with Crippen molar-refractivity contribution in [2.24, 2.45) is 0 Å². The van der Waals surface area contributed by atoms with E-state index in [1.165, 1.54) is 12.1 Å². The minimum atomic E-state index is -0.698. The Morgan fingerprint density at radius 1 is 1.00 bits per heavy atom. The fourth-order valence-corrected chi connectivity index (χ4v) is 2.74. The summed E-state index contributed by atoms with van der Waals surface area (Å²) in [7, 11) is 0. The van der Waals surface area contributed by atoms with Gasteiger partial charge in [-0.05, 0) is 49.2 Å². The summed E-state index contributed by atoms with van der Waals surface area (Å²) in [5.41, 5.74) is 0.627. The van der Waals surface area contributed by atoms with E-state index < -0.39 is 9.85 Å². The molecule has 0 N–H and O–H groups in total. The van der Waals surface area contributed by atoms with E-state index in [1.807, 2.05) is 0 Å². The molecule has 0 spiro atoms. The molecule has 0 aliphatic heterocycles. The summed E-state index contributed by atoms with van der Waals surface area (Å²) >= 11 is 6.71. The van der Waals surface area contributed by atoms with E-state index >= 15 is 0 Å². The van der Waals surface area contributed by atoms with Gasteiger partial charge in [-0.3, -0.25) is 20.2 Å².